The molecule has 1 fully saturated rings. The minimum atomic E-state index is -0.903. The van der Waals surface area contributed by atoms with E-state index in [4.69, 9.17) is 11.6 Å². The summed E-state index contributed by atoms with van der Waals surface area (Å²) in [4.78, 5) is 39.8. The zero-order valence-electron chi connectivity index (χ0n) is 15.2. The summed E-state index contributed by atoms with van der Waals surface area (Å²) in [6, 6.07) is 2.95. The van der Waals surface area contributed by atoms with Gasteiger partial charge in [-0.25, -0.2) is 4.39 Å². The first-order valence-electron chi connectivity index (χ1n) is 9.07. The summed E-state index contributed by atoms with van der Waals surface area (Å²) in [6.07, 6.45) is 5.22. The van der Waals surface area contributed by atoms with Crippen molar-refractivity contribution in [2.75, 3.05) is 5.32 Å². The largest absolute Gasteiger partial charge is 0.324 e. The van der Waals surface area contributed by atoms with Crippen LogP contribution in [0.3, 0.4) is 0 Å². The monoisotopic (exact) mass is 392 g/mol. The number of hydrogen-bond acceptors (Lipinski definition) is 3. The van der Waals surface area contributed by atoms with Crippen LogP contribution in [0.2, 0.25) is 5.02 Å². The third kappa shape index (κ3) is 3.90. The normalized spacial score (nSPS) is 22.9. The number of nitrogens with one attached hydrogen (secondary N) is 1. The lowest BCUT2D eigenvalue weighted by Gasteiger charge is -2.27. The summed E-state index contributed by atoms with van der Waals surface area (Å²) in [5, 5.41) is 2.55. The zero-order chi connectivity index (χ0) is 19.7. The number of imide groups is 1. The Labute approximate surface area is 162 Å². The van der Waals surface area contributed by atoms with Gasteiger partial charge in [-0.1, -0.05) is 37.6 Å². The second-order valence-electron chi connectivity index (χ2n) is 7.47. The Bertz CT molecular complexity index is 782. The van der Waals surface area contributed by atoms with Crippen molar-refractivity contribution in [1.82, 2.24) is 4.90 Å². The topological polar surface area (TPSA) is 66.5 Å². The summed E-state index contributed by atoms with van der Waals surface area (Å²) in [5.74, 6) is -2.30. The van der Waals surface area contributed by atoms with Crippen LogP contribution in [-0.4, -0.2) is 28.7 Å². The van der Waals surface area contributed by atoms with Crippen molar-refractivity contribution in [2.24, 2.45) is 17.8 Å². The molecule has 0 unspecified atom stereocenters. The number of likely N-dealkylation sites (tertiary alicyclic amines) is 1. The molecule has 3 atom stereocenters. The molecule has 1 aromatic carbocycles. The molecule has 1 aliphatic heterocycles. The van der Waals surface area contributed by atoms with Gasteiger partial charge in [0, 0.05) is 5.69 Å². The van der Waals surface area contributed by atoms with Gasteiger partial charge < -0.3 is 5.32 Å². The zero-order valence-corrected chi connectivity index (χ0v) is 16.0. The van der Waals surface area contributed by atoms with Crippen LogP contribution in [0.5, 0.6) is 0 Å². The fourth-order valence-corrected chi connectivity index (χ4v) is 3.89. The first kappa shape index (κ1) is 19.5. The number of fused-ring (bicyclic) bond motifs is 1. The maximum absolute atomic E-state index is 13.3. The van der Waals surface area contributed by atoms with E-state index in [2.05, 4.69) is 5.32 Å². The predicted octanol–water partition coefficient (Wildman–Crippen LogP) is 3.78. The Balaban J connectivity index is 1.85. The molecule has 1 heterocycles. The maximum atomic E-state index is 13.3. The van der Waals surface area contributed by atoms with E-state index in [9.17, 15) is 18.8 Å². The summed E-state index contributed by atoms with van der Waals surface area (Å²) >= 11 is 5.77. The number of allylic oxidation sites excluding steroid dienone is 2. The number of amides is 3. The van der Waals surface area contributed by atoms with Crippen molar-refractivity contribution >= 4 is 35.0 Å². The second kappa shape index (κ2) is 7.80. The van der Waals surface area contributed by atoms with Crippen molar-refractivity contribution in [1.29, 1.82) is 0 Å². The summed E-state index contributed by atoms with van der Waals surface area (Å²) in [7, 11) is 0. The number of rotatable bonds is 5. The summed E-state index contributed by atoms with van der Waals surface area (Å²) in [5.41, 5.74) is 0.318. The van der Waals surface area contributed by atoms with Crippen molar-refractivity contribution < 1.29 is 18.8 Å². The van der Waals surface area contributed by atoms with Crippen LogP contribution in [-0.2, 0) is 14.4 Å². The van der Waals surface area contributed by atoms with Crippen LogP contribution in [0.15, 0.2) is 30.4 Å². The molecule has 0 bridgehead atoms. The molecule has 0 radical (unpaired) electrons. The SMILES string of the molecule is CC(C)C[C@H](C(=O)Nc1ccc(F)c(Cl)c1)N1C(=O)[C@@H]2CC=CC[C@H]2C1=O. The highest BCUT2D eigenvalue weighted by Crippen LogP contribution is 2.37. The molecule has 7 heteroatoms. The van der Waals surface area contributed by atoms with Gasteiger partial charge in [0.05, 0.1) is 16.9 Å². The molecule has 1 saturated heterocycles. The molecule has 5 nitrogen and oxygen atoms in total. The number of hydrogen-bond donors (Lipinski definition) is 1. The van der Waals surface area contributed by atoms with Crippen LogP contribution < -0.4 is 5.32 Å². The first-order chi connectivity index (χ1) is 12.8. The van der Waals surface area contributed by atoms with E-state index in [1.165, 1.54) is 12.1 Å². The highest BCUT2D eigenvalue weighted by molar-refractivity contribution is 6.31. The number of carbonyl (C=O) groups excluding carboxylic acids is 3. The smallest absolute Gasteiger partial charge is 0.247 e. The lowest BCUT2D eigenvalue weighted by molar-refractivity contribution is -0.147. The molecule has 1 aliphatic carbocycles. The Hall–Kier alpha value is -2.21. The van der Waals surface area contributed by atoms with Crippen LogP contribution in [0.4, 0.5) is 10.1 Å². The van der Waals surface area contributed by atoms with Gasteiger partial charge in [-0.3, -0.25) is 19.3 Å². The summed E-state index contributed by atoms with van der Waals surface area (Å²) < 4.78 is 13.3. The molecule has 1 N–H and O–H groups in total. The molecule has 0 spiro atoms. The van der Waals surface area contributed by atoms with Gasteiger partial charge in [-0.15, -0.1) is 0 Å². The average Bonchev–Trinajstić information content (AvgIpc) is 2.87. The standard InChI is InChI=1S/C20H22ClFN2O3/c1-11(2)9-17(18(25)23-12-7-8-16(22)15(21)10-12)24-19(26)13-5-3-4-6-14(13)20(24)27/h3-4,7-8,10-11,13-14,17H,5-6,9H2,1-2H3,(H,23,25)/t13-,14-,17-/m1/s1. The van der Waals surface area contributed by atoms with E-state index in [1.54, 1.807) is 0 Å². The van der Waals surface area contributed by atoms with Crippen molar-refractivity contribution in [3.8, 4) is 0 Å². The van der Waals surface area contributed by atoms with E-state index in [0.717, 1.165) is 11.0 Å². The van der Waals surface area contributed by atoms with E-state index >= 15 is 0 Å². The van der Waals surface area contributed by atoms with E-state index in [0.29, 0.717) is 24.9 Å². The van der Waals surface area contributed by atoms with Crippen LogP contribution >= 0.6 is 11.6 Å². The van der Waals surface area contributed by atoms with Gasteiger partial charge in [-0.2, -0.15) is 0 Å². The number of carbonyl (C=O) groups is 3. The minimum Gasteiger partial charge on any atom is -0.324 e. The third-order valence-electron chi connectivity index (χ3n) is 5.04. The Morgan fingerprint density at radius 1 is 1.22 bits per heavy atom. The quantitative estimate of drug-likeness (QED) is 0.612. The van der Waals surface area contributed by atoms with Gasteiger partial charge in [0.15, 0.2) is 0 Å². The molecule has 144 valence electrons. The van der Waals surface area contributed by atoms with Gasteiger partial charge in [0.2, 0.25) is 17.7 Å². The molecule has 0 aromatic heterocycles. The number of halogens is 2. The molecule has 27 heavy (non-hydrogen) atoms. The minimum absolute atomic E-state index is 0.0962. The van der Waals surface area contributed by atoms with Gasteiger partial charge >= 0.3 is 0 Å². The number of benzene rings is 1. The van der Waals surface area contributed by atoms with E-state index in [-0.39, 0.29) is 34.6 Å². The Kier molecular flexibility index (Phi) is 5.65. The van der Waals surface area contributed by atoms with Crippen LogP contribution in [0, 0.1) is 23.6 Å². The average molecular weight is 393 g/mol. The first-order valence-corrected chi connectivity index (χ1v) is 9.45. The predicted molar refractivity (Wildman–Crippen MR) is 100 cm³/mol. The molecular weight excluding hydrogens is 371 g/mol. The lowest BCUT2D eigenvalue weighted by atomic mass is 9.85. The van der Waals surface area contributed by atoms with Gasteiger partial charge in [-0.05, 0) is 43.4 Å². The van der Waals surface area contributed by atoms with Crippen LogP contribution in [0.25, 0.3) is 0 Å². The van der Waals surface area contributed by atoms with E-state index < -0.39 is 17.8 Å². The lowest BCUT2D eigenvalue weighted by Crippen LogP contribution is -2.48. The molecule has 3 rings (SSSR count). The molecule has 0 saturated carbocycles. The molecular formula is C20H22ClFN2O3. The molecule has 1 aromatic rings. The maximum Gasteiger partial charge on any atom is 0.247 e. The fourth-order valence-electron chi connectivity index (χ4n) is 3.71. The van der Waals surface area contributed by atoms with Crippen molar-refractivity contribution in [3.05, 3.63) is 41.2 Å². The Morgan fingerprint density at radius 2 is 1.81 bits per heavy atom. The molecule has 2 aliphatic rings. The van der Waals surface area contributed by atoms with Crippen molar-refractivity contribution in [2.45, 2.75) is 39.2 Å². The highest BCUT2D eigenvalue weighted by atomic mass is 35.5. The van der Waals surface area contributed by atoms with Crippen LogP contribution in [0.1, 0.15) is 33.1 Å². The summed E-state index contributed by atoms with van der Waals surface area (Å²) in [6.45, 7) is 3.85. The van der Waals surface area contributed by atoms with Gasteiger partial charge in [0.1, 0.15) is 11.9 Å². The Morgan fingerprint density at radius 3 is 2.33 bits per heavy atom. The number of nitrogens with zero attached hydrogens (tertiary/aromatic N) is 1. The molecule has 3 amide bonds. The van der Waals surface area contributed by atoms with Crippen molar-refractivity contribution in [3.63, 3.8) is 0 Å². The van der Waals surface area contributed by atoms with E-state index in [1.807, 2.05) is 26.0 Å². The third-order valence-corrected chi connectivity index (χ3v) is 5.33. The number of anilines is 1. The highest BCUT2D eigenvalue weighted by Gasteiger charge is 2.51. The fraction of sp³-hybridized carbons (Fsp3) is 0.450. The van der Waals surface area contributed by atoms with Gasteiger partial charge in [0.25, 0.3) is 0 Å². The second-order valence-corrected chi connectivity index (χ2v) is 7.87.